The lowest BCUT2D eigenvalue weighted by molar-refractivity contribution is 0.0661. The molecule has 0 aliphatic carbocycles. The van der Waals surface area contributed by atoms with Gasteiger partial charge in [-0.15, -0.1) is 0 Å². The van der Waals surface area contributed by atoms with Crippen molar-refractivity contribution in [2.75, 3.05) is 14.2 Å². The molecular weight excluding hydrogens is 418 g/mol. The minimum absolute atomic E-state index is 0.245. The fourth-order valence-electron chi connectivity index (χ4n) is 4.93. The number of carbonyl (C=O) groups excluding carboxylic acids is 1. The van der Waals surface area contributed by atoms with E-state index in [1.165, 1.54) is 12.8 Å². The van der Waals surface area contributed by atoms with Crippen LogP contribution in [0, 0.1) is 0 Å². The van der Waals surface area contributed by atoms with E-state index < -0.39 is 0 Å². The number of rotatable bonds is 7. The van der Waals surface area contributed by atoms with Crippen LogP contribution in [-0.4, -0.2) is 48.3 Å². The number of hydrogen-bond donors (Lipinski definition) is 1. The molecule has 7 heteroatoms. The van der Waals surface area contributed by atoms with Gasteiger partial charge in [0.2, 0.25) is 0 Å². The van der Waals surface area contributed by atoms with Crippen LogP contribution in [0.3, 0.4) is 0 Å². The van der Waals surface area contributed by atoms with E-state index in [1.54, 1.807) is 13.2 Å². The van der Waals surface area contributed by atoms with Crippen LogP contribution in [0.5, 0.6) is 11.5 Å². The molecule has 0 radical (unpaired) electrons. The highest BCUT2D eigenvalue weighted by Gasteiger charge is 2.39. The first-order valence-electron chi connectivity index (χ1n) is 11.5. The van der Waals surface area contributed by atoms with Crippen LogP contribution >= 0.6 is 0 Å². The van der Waals surface area contributed by atoms with Crippen LogP contribution in [0.1, 0.15) is 41.7 Å². The van der Waals surface area contributed by atoms with Gasteiger partial charge in [-0.25, -0.2) is 0 Å². The second-order valence-corrected chi connectivity index (χ2v) is 8.90. The summed E-state index contributed by atoms with van der Waals surface area (Å²) in [5.41, 5.74) is 2.06. The van der Waals surface area contributed by atoms with Gasteiger partial charge in [-0.1, -0.05) is 17.3 Å². The largest absolute Gasteiger partial charge is 0.497 e. The number of carbonyl (C=O) groups is 1. The molecule has 1 aromatic heterocycles. The summed E-state index contributed by atoms with van der Waals surface area (Å²) in [6.45, 7) is 0.388. The number of nitrogens with zero attached hydrogens (tertiary/aromatic N) is 2. The summed E-state index contributed by atoms with van der Waals surface area (Å²) in [7, 11) is 3.85. The average Bonchev–Trinajstić information content (AvgIpc) is 3.40. The second-order valence-electron chi connectivity index (χ2n) is 8.90. The third-order valence-corrected chi connectivity index (χ3v) is 6.83. The van der Waals surface area contributed by atoms with Gasteiger partial charge in [0, 0.05) is 30.3 Å². The molecule has 33 heavy (non-hydrogen) atoms. The third-order valence-electron chi connectivity index (χ3n) is 6.83. The second kappa shape index (κ2) is 9.27. The topological polar surface area (TPSA) is 76.8 Å². The van der Waals surface area contributed by atoms with Crippen LogP contribution < -0.4 is 14.8 Å². The summed E-state index contributed by atoms with van der Waals surface area (Å²) in [5, 5.41) is 6.84. The Morgan fingerprint density at radius 3 is 2.58 bits per heavy atom. The molecule has 3 atom stereocenters. The maximum Gasteiger partial charge on any atom is 0.273 e. The van der Waals surface area contributed by atoms with Crippen molar-refractivity contribution >= 4 is 5.91 Å². The standard InChI is InChI=1S/C26H29N3O4/c1-29-19-8-9-20(29)14-23(13-19)32-22-5-3-4-17(12-22)16-27-26(30)24-15-25(33-28-24)18-6-10-21(31-2)11-7-18/h3-7,10-12,15,19-20,23H,8-9,13-14,16H2,1-2H3,(H,27,30)/t19-,20+,23+. The van der Waals surface area contributed by atoms with Gasteiger partial charge in [-0.3, -0.25) is 4.79 Å². The number of ether oxygens (including phenoxy) is 2. The Balaban J connectivity index is 1.17. The number of hydrogen-bond acceptors (Lipinski definition) is 6. The zero-order valence-electron chi connectivity index (χ0n) is 19.0. The van der Waals surface area contributed by atoms with Crippen LogP contribution in [-0.2, 0) is 6.54 Å². The number of aromatic nitrogens is 1. The Morgan fingerprint density at radius 1 is 1.09 bits per heavy atom. The molecule has 5 rings (SSSR count). The van der Waals surface area contributed by atoms with E-state index in [2.05, 4.69) is 22.4 Å². The normalized spacial score (nSPS) is 22.2. The van der Waals surface area contributed by atoms with Gasteiger partial charge in [0.25, 0.3) is 5.91 Å². The van der Waals surface area contributed by atoms with Crippen LogP contribution in [0.2, 0.25) is 0 Å². The van der Waals surface area contributed by atoms with Crippen molar-refractivity contribution in [2.24, 2.45) is 0 Å². The van der Waals surface area contributed by atoms with Crippen LogP contribution in [0.15, 0.2) is 59.1 Å². The maximum absolute atomic E-state index is 12.6. The molecule has 172 valence electrons. The molecule has 2 saturated heterocycles. The molecular formula is C26H29N3O4. The van der Waals surface area contributed by atoms with Crippen molar-refractivity contribution in [2.45, 2.75) is 50.4 Å². The molecule has 3 aromatic rings. The average molecular weight is 448 g/mol. The highest BCUT2D eigenvalue weighted by atomic mass is 16.5. The summed E-state index contributed by atoms with van der Waals surface area (Å²) in [6.07, 6.45) is 4.97. The van der Waals surface area contributed by atoms with Crippen LogP contribution in [0.25, 0.3) is 11.3 Å². The Morgan fingerprint density at radius 2 is 1.85 bits per heavy atom. The number of piperidine rings is 1. The van der Waals surface area contributed by atoms with Crippen molar-refractivity contribution in [3.63, 3.8) is 0 Å². The van der Waals surface area contributed by atoms with Gasteiger partial charge in [-0.2, -0.15) is 0 Å². The van der Waals surface area contributed by atoms with E-state index in [1.807, 2.05) is 48.5 Å². The molecule has 7 nitrogen and oxygen atoms in total. The molecule has 1 amide bonds. The predicted octanol–water partition coefficient (Wildman–Crippen LogP) is 4.28. The summed E-state index contributed by atoms with van der Waals surface area (Å²) in [4.78, 5) is 15.1. The van der Waals surface area contributed by atoms with Gasteiger partial charge in [0.1, 0.15) is 17.6 Å². The van der Waals surface area contributed by atoms with Crippen molar-refractivity contribution in [1.29, 1.82) is 0 Å². The lowest BCUT2D eigenvalue weighted by Gasteiger charge is -2.36. The Hall–Kier alpha value is -3.32. The highest BCUT2D eigenvalue weighted by Crippen LogP contribution is 2.36. The molecule has 0 saturated carbocycles. The van der Waals surface area contributed by atoms with E-state index in [9.17, 15) is 4.79 Å². The molecule has 2 fully saturated rings. The van der Waals surface area contributed by atoms with Gasteiger partial charge in [0.15, 0.2) is 11.5 Å². The first-order chi connectivity index (χ1) is 16.1. The fourth-order valence-corrected chi connectivity index (χ4v) is 4.93. The predicted molar refractivity (Wildman–Crippen MR) is 124 cm³/mol. The third kappa shape index (κ3) is 4.73. The highest BCUT2D eigenvalue weighted by molar-refractivity contribution is 5.93. The van der Waals surface area contributed by atoms with Crippen molar-refractivity contribution < 1.29 is 18.8 Å². The molecule has 0 spiro atoms. The van der Waals surface area contributed by atoms with Gasteiger partial charge < -0.3 is 24.2 Å². The monoisotopic (exact) mass is 447 g/mol. The molecule has 2 bridgehead atoms. The smallest absolute Gasteiger partial charge is 0.273 e. The Kier molecular flexibility index (Phi) is 6.05. The molecule has 2 aliphatic heterocycles. The molecule has 1 N–H and O–H groups in total. The number of methoxy groups -OCH3 is 1. The van der Waals surface area contributed by atoms with E-state index in [0.29, 0.717) is 24.4 Å². The minimum atomic E-state index is -0.281. The Bertz CT molecular complexity index is 1100. The zero-order chi connectivity index (χ0) is 22.8. The van der Waals surface area contributed by atoms with E-state index in [0.717, 1.165) is 35.5 Å². The summed E-state index contributed by atoms with van der Waals surface area (Å²) in [5.74, 6) is 1.87. The quantitative estimate of drug-likeness (QED) is 0.583. The Labute approximate surface area is 193 Å². The summed E-state index contributed by atoms with van der Waals surface area (Å²) < 4.78 is 16.8. The minimum Gasteiger partial charge on any atom is -0.497 e. The summed E-state index contributed by atoms with van der Waals surface area (Å²) in [6, 6.07) is 18.3. The van der Waals surface area contributed by atoms with E-state index in [4.69, 9.17) is 14.0 Å². The van der Waals surface area contributed by atoms with Crippen molar-refractivity contribution in [1.82, 2.24) is 15.4 Å². The lowest BCUT2D eigenvalue weighted by Crippen LogP contribution is -2.43. The fraction of sp³-hybridized carbons (Fsp3) is 0.385. The first-order valence-corrected chi connectivity index (χ1v) is 11.5. The maximum atomic E-state index is 12.6. The molecule has 0 unspecified atom stereocenters. The van der Waals surface area contributed by atoms with E-state index >= 15 is 0 Å². The summed E-state index contributed by atoms with van der Waals surface area (Å²) >= 11 is 0. The number of fused-ring (bicyclic) bond motifs is 2. The SMILES string of the molecule is COc1ccc(-c2cc(C(=O)NCc3cccc(O[C@H]4C[C@H]5CC[C@@H](C4)N5C)c3)no2)cc1. The van der Waals surface area contributed by atoms with Crippen molar-refractivity contribution in [3.05, 3.63) is 65.9 Å². The van der Waals surface area contributed by atoms with Gasteiger partial charge >= 0.3 is 0 Å². The van der Waals surface area contributed by atoms with Gasteiger partial charge in [-0.05, 0) is 74.7 Å². The van der Waals surface area contributed by atoms with Crippen molar-refractivity contribution in [3.8, 4) is 22.8 Å². The van der Waals surface area contributed by atoms with E-state index in [-0.39, 0.29) is 17.7 Å². The molecule has 2 aliphatic rings. The number of amides is 1. The molecule has 3 heterocycles. The zero-order valence-corrected chi connectivity index (χ0v) is 19.0. The van der Waals surface area contributed by atoms with Crippen LogP contribution in [0.4, 0.5) is 0 Å². The lowest BCUT2D eigenvalue weighted by atomic mass is 10.0. The molecule has 2 aromatic carbocycles. The number of nitrogens with one attached hydrogen (secondary N) is 1. The van der Waals surface area contributed by atoms with Gasteiger partial charge in [0.05, 0.1) is 7.11 Å². The first kappa shape index (κ1) is 21.5. The number of benzene rings is 2.